The summed E-state index contributed by atoms with van der Waals surface area (Å²) in [6.45, 7) is 2.01. The zero-order valence-electron chi connectivity index (χ0n) is 17.7. The maximum absolute atomic E-state index is 13.0. The quantitative estimate of drug-likeness (QED) is 0.454. The van der Waals surface area contributed by atoms with Crippen LogP contribution in [-0.4, -0.2) is 30.2 Å². The molecule has 0 radical (unpaired) electrons. The molecule has 8 heteroatoms. The minimum Gasteiger partial charge on any atom is -0.495 e. The van der Waals surface area contributed by atoms with Crippen LogP contribution in [0, 0.1) is 6.92 Å². The molecule has 0 amide bonds. The highest BCUT2D eigenvalue weighted by atomic mass is 16.5. The van der Waals surface area contributed by atoms with Crippen molar-refractivity contribution in [3.05, 3.63) is 81.1 Å². The molecular formula is C23H21N5O3. The van der Waals surface area contributed by atoms with E-state index in [9.17, 15) is 9.59 Å². The maximum atomic E-state index is 13.0. The molecule has 0 aliphatic heterocycles. The lowest BCUT2D eigenvalue weighted by Crippen LogP contribution is -2.37. The minimum atomic E-state index is -0.416. The normalized spacial score (nSPS) is 11.5. The zero-order valence-corrected chi connectivity index (χ0v) is 17.7. The topological polar surface area (TPSA) is 75.5 Å². The van der Waals surface area contributed by atoms with Crippen molar-refractivity contribution in [2.75, 3.05) is 7.11 Å². The molecule has 0 fully saturated rings. The first-order valence-corrected chi connectivity index (χ1v) is 9.82. The Morgan fingerprint density at radius 1 is 0.968 bits per heavy atom. The first-order chi connectivity index (χ1) is 14.9. The van der Waals surface area contributed by atoms with Crippen LogP contribution in [0.5, 0.6) is 5.75 Å². The molecule has 0 spiro atoms. The standard InChI is InChI=1S/C23H21N5O3/c1-14-10-11-18(31-4)16(12-14)28-17(15-8-6-5-7-9-15)13-27-19-20(24-22(27)28)25(2)23(30)26(3)21(19)29/h5-13H,1-4H3. The average Bonchev–Trinajstić information content (AvgIpc) is 3.33. The Morgan fingerprint density at radius 3 is 2.42 bits per heavy atom. The number of aromatic nitrogens is 5. The molecule has 3 aromatic heterocycles. The van der Waals surface area contributed by atoms with E-state index in [0.29, 0.717) is 22.7 Å². The number of hydrogen-bond donors (Lipinski definition) is 0. The largest absolute Gasteiger partial charge is 0.495 e. The van der Waals surface area contributed by atoms with Gasteiger partial charge in [-0.1, -0.05) is 36.4 Å². The first-order valence-electron chi connectivity index (χ1n) is 9.82. The number of rotatable bonds is 3. The summed E-state index contributed by atoms with van der Waals surface area (Å²) in [4.78, 5) is 30.2. The molecule has 0 N–H and O–H groups in total. The van der Waals surface area contributed by atoms with Crippen molar-refractivity contribution < 1.29 is 4.74 Å². The monoisotopic (exact) mass is 415 g/mol. The molecule has 31 heavy (non-hydrogen) atoms. The molecule has 156 valence electrons. The van der Waals surface area contributed by atoms with E-state index < -0.39 is 11.2 Å². The molecular weight excluding hydrogens is 394 g/mol. The highest BCUT2D eigenvalue weighted by molar-refractivity contribution is 5.80. The van der Waals surface area contributed by atoms with Crippen molar-refractivity contribution in [1.29, 1.82) is 0 Å². The number of ether oxygens (including phenoxy) is 1. The zero-order chi connectivity index (χ0) is 21.9. The van der Waals surface area contributed by atoms with Crippen LogP contribution in [0.2, 0.25) is 0 Å². The van der Waals surface area contributed by atoms with Crippen LogP contribution < -0.4 is 16.0 Å². The van der Waals surface area contributed by atoms with E-state index in [-0.39, 0.29) is 0 Å². The van der Waals surface area contributed by atoms with Gasteiger partial charge in [0.25, 0.3) is 5.56 Å². The minimum absolute atomic E-state index is 0.336. The fraction of sp³-hybridized carbons (Fsp3) is 0.174. The van der Waals surface area contributed by atoms with Crippen LogP contribution in [0.25, 0.3) is 33.9 Å². The molecule has 0 saturated carbocycles. The predicted molar refractivity (Wildman–Crippen MR) is 119 cm³/mol. The van der Waals surface area contributed by atoms with Gasteiger partial charge in [-0.2, -0.15) is 4.98 Å². The van der Waals surface area contributed by atoms with E-state index in [1.165, 1.54) is 11.6 Å². The molecule has 0 bridgehead atoms. The van der Waals surface area contributed by atoms with Gasteiger partial charge in [-0.15, -0.1) is 0 Å². The van der Waals surface area contributed by atoms with E-state index in [1.807, 2.05) is 66.2 Å². The number of nitrogens with zero attached hydrogens (tertiary/aromatic N) is 5. The summed E-state index contributed by atoms with van der Waals surface area (Å²) in [5.74, 6) is 1.20. The third kappa shape index (κ3) is 2.64. The van der Waals surface area contributed by atoms with Gasteiger partial charge in [0.1, 0.15) is 5.75 Å². The van der Waals surface area contributed by atoms with E-state index in [1.54, 1.807) is 18.6 Å². The van der Waals surface area contributed by atoms with Crippen LogP contribution in [-0.2, 0) is 14.1 Å². The van der Waals surface area contributed by atoms with Gasteiger partial charge in [-0.05, 0) is 24.6 Å². The number of methoxy groups -OCH3 is 1. The summed E-state index contributed by atoms with van der Waals surface area (Å²) >= 11 is 0. The molecule has 3 heterocycles. The first kappa shape index (κ1) is 18.9. The van der Waals surface area contributed by atoms with Crippen molar-refractivity contribution in [2.24, 2.45) is 14.1 Å². The van der Waals surface area contributed by atoms with Gasteiger partial charge in [0.15, 0.2) is 11.2 Å². The fourth-order valence-electron chi connectivity index (χ4n) is 4.00. The van der Waals surface area contributed by atoms with Crippen molar-refractivity contribution in [1.82, 2.24) is 23.1 Å². The average molecular weight is 415 g/mol. The number of imidazole rings is 2. The summed E-state index contributed by atoms with van der Waals surface area (Å²) in [5.41, 5.74) is 3.55. The van der Waals surface area contributed by atoms with Crippen LogP contribution in [0.15, 0.2) is 64.3 Å². The molecule has 0 atom stereocenters. The van der Waals surface area contributed by atoms with Gasteiger partial charge in [0, 0.05) is 25.9 Å². The van der Waals surface area contributed by atoms with Crippen molar-refractivity contribution in [3.8, 4) is 22.7 Å². The summed E-state index contributed by atoms with van der Waals surface area (Å²) in [6.07, 6.45) is 1.88. The van der Waals surface area contributed by atoms with Gasteiger partial charge >= 0.3 is 5.69 Å². The molecule has 0 saturated heterocycles. The second-order valence-corrected chi connectivity index (χ2v) is 7.55. The smallest absolute Gasteiger partial charge is 0.332 e. The van der Waals surface area contributed by atoms with Gasteiger partial charge in [-0.3, -0.25) is 22.9 Å². The molecule has 5 aromatic rings. The molecule has 5 rings (SSSR count). The van der Waals surface area contributed by atoms with Gasteiger partial charge in [-0.25, -0.2) is 4.79 Å². The van der Waals surface area contributed by atoms with Crippen molar-refractivity contribution in [2.45, 2.75) is 6.92 Å². The van der Waals surface area contributed by atoms with Crippen LogP contribution in [0.4, 0.5) is 0 Å². The third-order valence-electron chi connectivity index (χ3n) is 5.61. The number of benzene rings is 2. The summed E-state index contributed by atoms with van der Waals surface area (Å²) in [7, 11) is 4.72. The van der Waals surface area contributed by atoms with E-state index >= 15 is 0 Å². The molecule has 8 nitrogen and oxygen atoms in total. The lowest BCUT2D eigenvalue weighted by molar-refractivity contribution is 0.413. The lowest BCUT2D eigenvalue weighted by Gasteiger charge is -2.14. The van der Waals surface area contributed by atoms with E-state index in [4.69, 9.17) is 9.72 Å². The van der Waals surface area contributed by atoms with Crippen LogP contribution >= 0.6 is 0 Å². The Morgan fingerprint density at radius 2 is 1.71 bits per heavy atom. The lowest BCUT2D eigenvalue weighted by atomic mass is 10.1. The molecule has 0 aliphatic rings. The number of aryl methyl sites for hydroxylation is 2. The highest BCUT2D eigenvalue weighted by Gasteiger charge is 2.23. The van der Waals surface area contributed by atoms with Crippen LogP contribution in [0.3, 0.4) is 0 Å². The molecule has 0 unspecified atom stereocenters. The Bertz CT molecular complexity index is 1590. The highest BCUT2D eigenvalue weighted by Crippen LogP contribution is 2.33. The summed E-state index contributed by atoms with van der Waals surface area (Å²) in [5, 5.41) is 0. The Kier molecular flexibility index (Phi) is 4.11. The fourth-order valence-corrected chi connectivity index (χ4v) is 4.00. The van der Waals surface area contributed by atoms with E-state index in [2.05, 4.69) is 0 Å². The van der Waals surface area contributed by atoms with Gasteiger partial charge < -0.3 is 4.74 Å². The van der Waals surface area contributed by atoms with Crippen molar-refractivity contribution in [3.63, 3.8) is 0 Å². The second kappa shape index (κ2) is 6.73. The Labute approximate surface area is 177 Å². The molecule has 0 aliphatic carbocycles. The Hall–Kier alpha value is -4.07. The van der Waals surface area contributed by atoms with Gasteiger partial charge in [0.2, 0.25) is 5.78 Å². The second-order valence-electron chi connectivity index (χ2n) is 7.55. The summed E-state index contributed by atoms with van der Waals surface area (Å²) < 4.78 is 11.9. The van der Waals surface area contributed by atoms with Crippen molar-refractivity contribution >= 4 is 16.9 Å². The van der Waals surface area contributed by atoms with Crippen LogP contribution in [0.1, 0.15) is 5.56 Å². The summed E-state index contributed by atoms with van der Waals surface area (Å²) in [6, 6.07) is 15.8. The Balaban J connectivity index is 2.01. The van der Waals surface area contributed by atoms with E-state index in [0.717, 1.165) is 27.1 Å². The van der Waals surface area contributed by atoms with Gasteiger partial charge in [0.05, 0.1) is 18.5 Å². The number of fused-ring (bicyclic) bond motifs is 3. The SMILES string of the molecule is COc1ccc(C)cc1-n1c(-c2ccccc2)cn2c3c(=O)n(C)c(=O)n(C)c3nc12. The molecule has 2 aromatic carbocycles. The maximum Gasteiger partial charge on any atom is 0.332 e. The third-order valence-corrected chi connectivity index (χ3v) is 5.61. The number of hydrogen-bond acceptors (Lipinski definition) is 4. The predicted octanol–water partition coefficient (Wildman–Crippen LogP) is 2.66.